The minimum Gasteiger partial charge on any atom is -0.496 e. The molecule has 0 amide bonds. The quantitative estimate of drug-likeness (QED) is 0.735. The summed E-state index contributed by atoms with van der Waals surface area (Å²) in [4.78, 5) is 2.22. The van der Waals surface area contributed by atoms with E-state index in [0.29, 0.717) is 5.88 Å². The van der Waals surface area contributed by atoms with Crippen LogP contribution < -0.4 is 4.74 Å². The predicted molar refractivity (Wildman–Crippen MR) is 69.5 cm³/mol. The molecule has 3 heteroatoms. The Morgan fingerprint density at radius 3 is 2.25 bits per heavy atom. The van der Waals surface area contributed by atoms with E-state index in [-0.39, 0.29) is 0 Å². The van der Waals surface area contributed by atoms with Crippen LogP contribution in [0.1, 0.15) is 16.7 Å². The largest absolute Gasteiger partial charge is 0.496 e. The van der Waals surface area contributed by atoms with E-state index in [9.17, 15) is 0 Å². The molecular formula is C13H20ClNO. The average molecular weight is 242 g/mol. The number of nitrogens with zero attached hydrogens (tertiary/aromatic N) is 1. The first-order chi connectivity index (χ1) is 7.58. The lowest BCUT2D eigenvalue weighted by Gasteiger charge is -2.17. The minimum absolute atomic E-state index is 0.671. The second-order valence-corrected chi connectivity index (χ2v) is 4.57. The fourth-order valence-electron chi connectivity index (χ4n) is 1.99. The molecule has 1 rings (SSSR count). The van der Waals surface area contributed by atoms with Crippen LogP contribution in [0.15, 0.2) is 12.1 Å². The van der Waals surface area contributed by atoms with Crippen molar-refractivity contribution < 1.29 is 4.74 Å². The highest BCUT2D eigenvalue weighted by Crippen LogP contribution is 2.24. The van der Waals surface area contributed by atoms with Gasteiger partial charge in [0.1, 0.15) is 5.75 Å². The summed E-state index contributed by atoms with van der Waals surface area (Å²) in [6.45, 7) is 6.00. The minimum atomic E-state index is 0.671. The number of methoxy groups -OCH3 is 1. The van der Waals surface area contributed by atoms with Gasteiger partial charge in [-0.2, -0.15) is 0 Å². The lowest BCUT2D eigenvalue weighted by atomic mass is 10.1. The van der Waals surface area contributed by atoms with Gasteiger partial charge in [0.15, 0.2) is 0 Å². The molecule has 0 aliphatic heterocycles. The summed E-state index contributed by atoms with van der Waals surface area (Å²) in [7, 11) is 3.80. The molecule has 0 saturated carbocycles. The normalized spacial score (nSPS) is 10.9. The molecule has 0 aliphatic carbocycles. The zero-order valence-corrected chi connectivity index (χ0v) is 11.3. The fraction of sp³-hybridized carbons (Fsp3) is 0.538. The number of alkyl halides is 1. The van der Waals surface area contributed by atoms with E-state index in [4.69, 9.17) is 16.3 Å². The highest BCUT2D eigenvalue weighted by atomic mass is 35.5. The topological polar surface area (TPSA) is 12.5 Å². The van der Waals surface area contributed by atoms with E-state index in [0.717, 1.165) is 18.8 Å². The molecule has 2 nitrogen and oxygen atoms in total. The molecule has 0 spiro atoms. The Morgan fingerprint density at radius 2 is 1.81 bits per heavy atom. The van der Waals surface area contributed by atoms with Gasteiger partial charge in [0.05, 0.1) is 7.11 Å². The van der Waals surface area contributed by atoms with Gasteiger partial charge in [0.25, 0.3) is 0 Å². The molecule has 0 N–H and O–H groups in total. The highest BCUT2D eigenvalue weighted by molar-refractivity contribution is 6.18. The smallest absolute Gasteiger partial charge is 0.124 e. The van der Waals surface area contributed by atoms with E-state index in [2.05, 4.69) is 37.9 Å². The van der Waals surface area contributed by atoms with E-state index in [1.165, 1.54) is 16.7 Å². The van der Waals surface area contributed by atoms with Crippen molar-refractivity contribution in [2.24, 2.45) is 0 Å². The summed E-state index contributed by atoms with van der Waals surface area (Å²) in [5.41, 5.74) is 3.69. The van der Waals surface area contributed by atoms with Crippen LogP contribution in [-0.2, 0) is 6.54 Å². The molecule has 0 radical (unpaired) electrons. The van der Waals surface area contributed by atoms with Gasteiger partial charge in [-0.15, -0.1) is 11.6 Å². The van der Waals surface area contributed by atoms with E-state index in [1.54, 1.807) is 7.11 Å². The number of hydrogen-bond acceptors (Lipinski definition) is 2. The number of rotatable bonds is 5. The van der Waals surface area contributed by atoms with Crippen LogP contribution in [0.25, 0.3) is 0 Å². The summed E-state index contributed by atoms with van der Waals surface area (Å²) < 4.78 is 5.35. The van der Waals surface area contributed by atoms with Crippen LogP contribution in [0.5, 0.6) is 5.75 Å². The van der Waals surface area contributed by atoms with Crippen LogP contribution in [0.3, 0.4) is 0 Å². The van der Waals surface area contributed by atoms with Gasteiger partial charge in [0, 0.05) is 19.0 Å². The Bertz CT molecular complexity index is 329. The van der Waals surface area contributed by atoms with Crippen LogP contribution in [0.4, 0.5) is 0 Å². The standard InChI is InChI=1S/C13H20ClNO/c1-10-7-12(9-15(3)6-5-14)8-11(2)13(10)16-4/h7-8H,5-6,9H2,1-4H3. The highest BCUT2D eigenvalue weighted by Gasteiger charge is 2.06. The molecule has 0 saturated heterocycles. The SMILES string of the molecule is COc1c(C)cc(CN(C)CCCl)cc1C. The van der Waals surface area contributed by atoms with Crippen molar-refractivity contribution in [1.29, 1.82) is 0 Å². The molecule has 0 unspecified atom stereocenters. The van der Waals surface area contributed by atoms with Crippen molar-refractivity contribution in [3.63, 3.8) is 0 Å². The fourth-order valence-corrected chi connectivity index (χ4v) is 2.28. The molecule has 1 aromatic rings. The van der Waals surface area contributed by atoms with Gasteiger partial charge >= 0.3 is 0 Å². The second kappa shape index (κ2) is 6.12. The maximum Gasteiger partial charge on any atom is 0.124 e. The molecule has 90 valence electrons. The van der Waals surface area contributed by atoms with Gasteiger partial charge in [0.2, 0.25) is 0 Å². The maximum absolute atomic E-state index is 5.71. The first-order valence-electron chi connectivity index (χ1n) is 5.47. The van der Waals surface area contributed by atoms with E-state index in [1.807, 2.05) is 0 Å². The number of ether oxygens (including phenoxy) is 1. The Hall–Kier alpha value is -0.730. The third kappa shape index (κ3) is 3.39. The Labute approximate surface area is 103 Å². The number of halogens is 1. The third-order valence-electron chi connectivity index (χ3n) is 2.64. The molecule has 1 aromatic carbocycles. The van der Waals surface area contributed by atoms with Crippen LogP contribution in [-0.4, -0.2) is 31.5 Å². The van der Waals surface area contributed by atoms with Gasteiger partial charge in [-0.25, -0.2) is 0 Å². The van der Waals surface area contributed by atoms with Crippen LogP contribution in [0.2, 0.25) is 0 Å². The predicted octanol–water partition coefficient (Wildman–Crippen LogP) is 2.98. The first-order valence-corrected chi connectivity index (χ1v) is 6.00. The summed E-state index contributed by atoms with van der Waals surface area (Å²) >= 11 is 5.71. The molecule has 16 heavy (non-hydrogen) atoms. The number of benzene rings is 1. The molecule has 0 aliphatic rings. The van der Waals surface area contributed by atoms with Crippen molar-refractivity contribution in [3.05, 3.63) is 28.8 Å². The summed E-state index contributed by atoms with van der Waals surface area (Å²) in [6, 6.07) is 4.35. The summed E-state index contributed by atoms with van der Waals surface area (Å²) in [5.74, 6) is 1.66. The zero-order chi connectivity index (χ0) is 12.1. The van der Waals surface area contributed by atoms with Crippen molar-refractivity contribution in [3.8, 4) is 5.75 Å². The van der Waals surface area contributed by atoms with E-state index < -0.39 is 0 Å². The van der Waals surface area contributed by atoms with Crippen molar-refractivity contribution >= 4 is 11.6 Å². The van der Waals surface area contributed by atoms with Gasteiger partial charge < -0.3 is 9.64 Å². The Kier molecular flexibility index (Phi) is 5.10. The Balaban J connectivity index is 2.83. The van der Waals surface area contributed by atoms with Crippen molar-refractivity contribution in [2.75, 3.05) is 26.6 Å². The molecule has 0 heterocycles. The summed E-state index contributed by atoms with van der Waals surface area (Å²) in [6.07, 6.45) is 0. The first kappa shape index (κ1) is 13.3. The van der Waals surface area contributed by atoms with Gasteiger partial charge in [-0.05, 0) is 37.6 Å². The second-order valence-electron chi connectivity index (χ2n) is 4.19. The maximum atomic E-state index is 5.71. The number of hydrogen-bond donors (Lipinski definition) is 0. The lowest BCUT2D eigenvalue weighted by molar-refractivity contribution is 0.347. The molecule has 0 fully saturated rings. The monoisotopic (exact) mass is 241 g/mol. The van der Waals surface area contributed by atoms with Gasteiger partial charge in [-0.1, -0.05) is 12.1 Å². The van der Waals surface area contributed by atoms with Crippen molar-refractivity contribution in [1.82, 2.24) is 4.90 Å². The Morgan fingerprint density at radius 1 is 1.25 bits per heavy atom. The number of aryl methyl sites for hydroxylation is 2. The van der Waals surface area contributed by atoms with Gasteiger partial charge in [-0.3, -0.25) is 0 Å². The third-order valence-corrected chi connectivity index (χ3v) is 2.81. The molecule has 0 atom stereocenters. The van der Waals surface area contributed by atoms with E-state index >= 15 is 0 Å². The average Bonchev–Trinajstić information content (AvgIpc) is 2.17. The molecule has 0 aromatic heterocycles. The van der Waals surface area contributed by atoms with Crippen LogP contribution in [0, 0.1) is 13.8 Å². The lowest BCUT2D eigenvalue weighted by Crippen LogP contribution is -2.20. The molecular weight excluding hydrogens is 222 g/mol. The van der Waals surface area contributed by atoms with Crippen molar-refractivity contribution in [2.45, 2.75) is 20.4 Å². The van der Waals surface area contributed by atoms with Crippen LogP contribution >= 0.6 is 11.6 Å². The molecule has 0 bridgehead atoms. The zero-order valence-electron chi connectivity index (χ0n) is 10.5. The summed E-state index contributed by atoms with van der Waals surface area (Å²) in [5, 5.41) is 0.